The van der Waals surface area contributed by atoms with Crippen LogP contribution >= 0.6 is 15.9 Å². The van der Waals surface area contributed by atoms with E-state index in [9.17, 15) is 14.7 Å². The van der Waals surface area contributed by atoms with Gasteiger partial charge in [0.1, 0.15) is 5.60 Å². The summed E-state index contributed by atoms with van der Waals surface area (Å²) in [6.07, 6.45) is 1.69. The minimum atomic E-state index is -1.41. The van der Waals surface area contributed by atoms with Crippen molar-refractivity contribution in [2.45, 2.75) is 50.7 Å². The van der Waals surface area contributed by atoms with Gasteiger partial charge in [-0.2, -0.15) is 5.26 Å². The zero-order valence-electron chi connectivity index (χ0n) is 14.0. The number of carbonyl (C=O) groups excluding carboxylic acids is 1. The Morgan fingerprint density at radius 3 is 2.60 bits per heavy atom. The summed E-state index contributed by atoms with van der Waals surface area (Å²) in [6.45, 7) is 1.81. The number of nitrogens with zero attached hydrogens (tertiary/aromatic N) is 1. The van der Waals surface area contributed by atoms with Gasteiger partial charge in [-0.15, -0.1) is 0 Å². The monoisotopic (exact) mass is 408 g/mol. The van der Waals surface area contributed by atoms with Gasteiger partial charge in [0.05, 0.1) is 11.6 Å². The van der Waals surface area contributed by atoms with E-state index in [1.165, 1.54) is 0 Å². The molecule has 1 fully saturated rings. The van der Waals surface area contributed by atoms with E-state index in [1.807, 2.05) is 13.0 Å². The maximum absolute atomic E-state index is 12.8. The van der Waals surface area contributed by atoms with Gasteiger partial charge in [-0.3, -0.25) is 4.79 Å². The number of Topliss-reactive ketones (excluding diaryl/α,β-unsaturated/α-hetero) is 1. The van der Waals surface area contributed by atoms with Crippen molar-refractivity contribution in [3.05, 3.63) is 33.8 Å². The van der Waals surface area contributed by atoms with E-state index < -0.39 is 11.7 Å². The Morgan fingerprint density at radius 1 is 1.44 bits per heavy atom. The standard InChI is InChI=1S/C18H21BrN2O4/c1-11(21-17(23)24)8-12-4-6-18(25,7-5-12)16(22)14-3-2-13(10-20)9-15(14)19/h2-3,9,11-12,21,25H,4-8H2,1H3,(H,23,24)/t11-,12?,18?/m0/s1. The van der Waals surface area contributed by atoms with E-state index in [-0.39, 0.29) is 17.7 Å². The number of aliphatic hydroxyl groups is 1. The molecule has 0 bridgehead atoms. The van der Waals surface area contributed by atoms with Crippen LogP contribution in [0.5, 0.6) is 0 Å². The lowest BCUT2D eigenvalue weighted by atomic mass is 9.73. The molecule has 1 aliphatic rings. The highest BCUT2D eigenvalue weighted by molar-refractivity contribution is 9.10. The third-order valence-electron chi connectivity index (χ3n) is 4.75. The molecule has 1 aliphatic carbocycles. The van der Waals surface area contributed by atoms with Crippen LogP contribution in [0.1, 0.15) is 54.9 Å². The molecule has 1 atom stereocenters. The maximum Gasteiger partial charge on any atom is 0.404 e. The summed E-state index contributed by atoms with van der Waals surface area (Å²) >= 11 is 3.30. The molecule has 0 heterocycles. The van der Waals surface area contributed by atoms with Crippen LogP contribution in [0, 0.1) is 17.2 Å². The molecule has 1 aromatic carbocycles. The van der Waals surface area contributed by atoms with Gasteiger partial charge in [-0.05, 0) is 79.1 Å². The zero-order valence-corrected chi connectivity index (χ0v) is 15.5. The Kier molecular flexibility index (Phi) is 6.20. The first kappa shape index (κ1) is 19.4. The SMILES string of the molecule is C[C@@H](CC1CCC(O)(C(=O)c2ccc(C#N)cc2Br)CC1)NC(=O)O. The summed E-state index contributed by atoms with van der Waals surface area (Å²) in [6, 6.07) is 6.55. The minimum Gasteiger partial charge on any atom is -0.465 e. The molecular formula is C18H21BrN2O4. The number of amides is 1. The molecule has 0 saturated heterocycles. The van der Waals surface area contributed by atoms with E-state index in [0.29, 0.717) is 47.7 Å². The summed E-state index contributed by atoms with van der Waals surface area (Å²) in [5.41, 5.74) is -0.587. The number of carboxylic acid groups (broad SMARTS) is 1. The molecule has 1 saturated carbocycles. The van der Waals surface area contributed by atoms with Gasteiger partial charge in [0.15, 0.2) is 5.78 Å². The second kappa shape index (κ2) is 7.98. The molecule has 3 N–H and O–H groups in total. The van der Waals surface area contributed by atoms with E-state index in [0.717, 1.165) is 0 Å². The molecule has 25 heavy (non-hydrogen) atoms. The second-order valence-electron chi connectivity index (χ2n) is 6.70. The quantitative estimate of drug-likeness (QED) is 0.645. The van der Waals surface area contributed by atoms with Crippen LogP contribution in [0.15, 0.2) is 22.7 Å². The summed E-state index contributed by atoms with van der Waals surface area (Å²) < 4.78 is 0.506. The van der Waals surface area contributed by atoms with Crippen molar-refractivity contribution in [1.82, 2.24) is 5.32 Å². The average molecular weight is 409 g/mol. The molecule has 6 nitrogen and oxygen atoms in total. The smallest absolute Gasteiger partial charge is 0.404 e. The summed E-state index contributed by atoms with van der Waals surface area (Å²) in [4.78, 5) is 23.4. The fourth-order valence-corrected chi connectivity index (χ4v) is 3.97. The number of carbonyl (C=O) groups is 2. The second-order valence-corrected chi connectivity index (χ2v) is 7.55. The van der Waals surface area contributed by atoms with Gasteiger partial charge in [0, 0.05) is 16.1 Å². The van der Waals surface area contributed by atoms with Crippen molar-refractivity contribution < 1.29 is 19.8 Å². The number of nitrogens with one attached hydrogen (secondary N) is 1. The third kappa shape index (κ3) is 4.80. The highest BCUT2D eigenvalue weighted by Crippen LogP contribution is 2.37. The Bertz CT molecular complexity index is 706. The van der Waals surface area contributed by atoms with Gasteiger partial charge < -0.3 is 15.5 Å². The highest BCUT2D eigenvalue weighted by Gasteiger charge is 2.41. The molecule has 134 valence electrons. The van der Waals surface area contributed by atoms with Crippen LogP contribution in [0.25, 0.3) is 0 Å². The first-order chi connectivity index (χ1) is 11.7. The van der Waals surface area contributed by atoms with Crippen molar-refractivity contribution in [3.8, 4) is 6.07 Å². The molecule has 2 rings (SSSR count). The van der Waals surface area contributed by atoms with Gasteiger partial charge in [-0.25, -0.2) is 4.79 Å². The molecule has 0 radical (unpaired) electrons. The number of benzene rings is 1. The first-order valence-corrected chi connectivity index (χ1v) is 9.01. The third-order valence-corrected chi connectivity index (χ3v) is 5.41. The van der Waals surface area contributed by atoms with Gasteiger partial charge in [-0.1, -0.05) is 0 Å². The van der Waals surface area contributed by atoms with E-state index in [2.05, 4.69) is 21.2 Å². The fraction of sp³-hybridized carbons (Fsp3) is 0.500. The summed E-state index contributed by atoms with van der Waals surface area (Å²) in [5.74, 6) is -0.0571. The van der Waals surface area contributed by atoms with Gasteiger partial charge in [0.2, 0.25) is 0 Å². The Labute approximate surface area is 155 Å². The molecule has 0 aromatic heterocycles. The van der Waals surface area contributed by atoms with Crippen molar-refractivity contribution in [1.29, 1.82) is 5.26 Å². The van der Waals surface area contributed by atoms with Crippen molar-refractivity contribution in [2.75, 3.05) is 0 Å². The van der Waals surface area contributed by atoms with Crippen LogP contribution in [0.3, 0.4) is 0 Å². The summed E-state index contributed by atoms with van der Waals surface area (Å²) in [5, 5.41) is 30.9. The predicted molar refractivity (Wildman–Crippen MR) is 95.3 cm³/mol. The van der Waals surface area contributed by atoms with E-state index in [1.54, 1.807) is 18.2 Å². The van der Waals surface area contributed by atoms with E-state index >= 15 is 0 Å². The molecule has 0 aliphatic heterocycles. The maximum atomic E-state index is 12.8. The number of hydrogen-bond acceptors (Lipinski definition) is 4. The van der Waals surface area contributed by atoms with Crippen LogP contribution in [0.4, 0.5) is 4.79 Å². The van der Waals surface area contributed by atoms with Crippen LogP contribution in [-0.2, 0) is 0 Å². The zero-order chi connectivity index (χ0) is 18.6. The predicted octanol–water partition coefficient (Wildman–Crippen LogP) is 3.47. The topological polar surface area (TPSA) is 110 Å². The number of nitriles is 1. The lowest BCUT2D eigenvalue weighted by molar-refractivity contribution is 0.00128. The molecule has 7 heteroatoms. The Balaban J connectivity index is 2.01. The van der Waals surface area contributed by atoms with Crippen LogP contribution < -0.4 is 5.32 Å². The van der Waals surface area contributed by atoms with Crippen molar-refractivity contribution in [3.63, 3.8) is 0 Å². The Hall–Kier alpha value is -1.91. The molecular weight excluding hydrogens is 388 g/mol. The number of hydrogen-bond donors (Lipinski definition) is 3. The lowest BCUT2D eigenvalue weighted by Gasteiger charge is -2.36. The minimum absolute atomic E-state index is 0.155. The fourth-order valence-electron chi connectivity index (χ4n) is 3.41. The van der Waals surface area contributed by atoms with Crippen molar-refractivity contribution in [2.24, 2.45) is 5.92 Å². The molecule has 1 amide bonds. The first-order valence-electron chi connectivity index (χ1n) is 8.21. The molecule has 1 aromatic rings. The highest BCUT2D eigenvalue weighted by atomic mass is 79.9. The lowest BCUT2D eigenvalue weighted by Crippen LogP contribution is -2.43. The number of rotatable bonds is 5. The normalized spacial score (nSPS) is 24.2. The molecule has 0 unspecified atom stereocenters. The summed E-state index contributed by atoms with van der Waals surface area (Å²) in [7, 11) is 0. The van der Waals surface area contributed by atoms with Crippen molar-refractivity contribution >= 4 is 27.8 Å². The molecule has 0 spiro atoms. The average Bonchev–Trinajstić information content (AvgIpc) is 2.55. The number of halogens is 1. The van der Waals surface area contributed by atoms with Crippen LogP contribution in [-0.4, -0.2) is 33.7 Å². The van der Waals surface area contributed by atoms with Gasteiger partial charge >= 0.3 is 6.09 Å². The van der Waals surface area contributed by atoms with Crippen LogP contribution in [0.2, 0.25) is 0 Å². The van der Waals surface area contributed by atoms with E-state index in [4.69, 9.17) is 10.4 Å². The largest absolute Gasteiger partial charge is 0.465 e. The number of ketones is 1. The van der Waals surface area contributed by atoms with Gasteiger partial charge in [0.25, 0.3) is 0 Å². The Morgan fingerprint density at radius 2 is 2.08 bits per heavy atom.